The minimum Gasteiger partial charge on any atom is -0.390 e. The van der Waals surface area contributed by atoms with Crippen molar-refractivity contribution in [3.8, 4) is 11.3 Å². The maximum absolute atomic E-state index is 12.9. The number of benzene rings is 2. The average Bonchev–Trinajstić information content (AvgIpc) is 2.72. The van der Waals surface area contributed by atoms with E-state index in [2.05, 4.69) is 5.10 Å². The fourth-order valence-corrected chi connectivity index (χ4v) is 3.53. The summed E-state index contributed by atoms with van der Waals surface area (Å²) in [5, 5.41) is 25.2. The van der Waals surface area contributed by atoms with E-state index >= 15 is 0 Å². The van der Waals surface area contributed by atoms with Gasteiger partial charge in [-0.15, -0.1) is 0 Å². The quantitative estimate of drug-likeness (QED) is 0.708. The number of rotatable bonds is 3. The fourth-order valence-electron chi connectivity index (χ4n) is 3.53. The Morgan fingerprint density at radius 2 is 1.68 bits per heavy atom. The first kappa shape index (κ1) is 18.3. The zero-order valence-corrected chi connectivity index (χ0v) is 15.2. The molecule has 4 rings (SSSR count). The van der Waals surface area contributed by atoms with Gasteiger partial charge in [-0.05, 0) is 12.5 Å². The van der Waals surface area contributed by atoms with Crippen LogP contribution in [0.2, 0.25) is 0 Å². The van der Waals surface area contributed by atoms with Gasteiger partial charge in [0.25, 0.3) is 5.56 Å². The predicted molar refractivity (Wildman–Crippen MR) is 105 cm³/mol. The highest BCUT2D eigenvalue weighted by Crippen LogP contribution is 2.24. The molecule has 2 N–H and O–H groups in total. The summed E-state index contributed by atoms with van der Waals surface area (Å²) in [6.07, 6.45) is -1.49. The third-order valence-corrected chi connectivity index (χ3v) is 5.10. The fraction of sp³-hybridized carbons (Fsp3) is 0.286. The number of aromatic nitrogens is 2. The van der Waals surface area contributed by atoms with E-state index in [1.807, 2.05) is 42.5 Å². The summed E-state index contributed by atoms with van der Waals surface area (Å²) in [5.41, 5.74) is 1.16. The molecule has 1 amide bonds. The number of likely N-dealkylation sites (tertiary alicyclic amines) is 1. The van der Waals surface area contributed by atoms with Crippen molar-refractivity contribution in [2.45, 2.75) is 25.2 Å². The Morgan fingerprint density at radius 1 is 1.00 bits per heavy atom. The molecule has 2 aromatic carbocycles. The van der Waals surface area contributed by atoms with Crippen molar-refractivity contribution in [2.75, 3.05) is 13.1 Å². The van der Waals surface area contributed by atoms with Crippen LogP contribution in [0.3, 0.4) is 0 Å². The molecule has 0 aliphatic carbocycles. The van der Waals surface area contributed by atoms with Gasteiger partial charge in [0.05, 0.1) is 23.3 Å². The van der Waals surface area contributed by atoms with Crippen molar-refractivity contribution in [1.82, 2.24) is 14.7 Å². The summed E-state index contributed by atoms with van der Waals surface area (Å²) in [4.78, 5) is 27.0. The number of piperidine rings is 1. The van der Waals surface area contributed by atoms with E-state index in [1.54, 1.807) is 12.1 Å². The SMILES string of the molecule is O=C(Cn1nc(-c2ccccc2)c2ccccc2c1=O)N1CC[C@@H](O)[C@H](O)C1. The molecule has 144 valence electrons. The van der Waals surface area contributed by atoms with Crippen LogP contribution in [-0.4, -0.2) is 56.1 Å². The van der Waals surface area contributed by atoms with Gasteiger partial charge in [-0.3, -0.25) is 9.59 Å². The smallest absolute Gasteiger partial charge is 0.275 e. The summed E-state index contributed by atoms with van der Waals surface area (Å²) in [5.74, 6) is -0.310. The average molecular weight is 379 g/mol. The van der Waals surface area contributed by atoms with E-state index in [-0.39, 0.29) is 24.6 Å². The first-order valence-corrected chi connectivity index (χ1v) is 9.24. The van der Waals surface area contributed by atoms with Gasteiger partial charge in [0.2, 0.25) is 5.91 Å². The number of β-amino-alcohol motifs (C(OH)–C–C–N with tert-alkyl or cyclic N) is 1. The zero-order chi connectivity index (χ0) is 19.7. The van der Waals surface area contributed by atoms with Gasteiger partial charge in [-0.1, -0.05) is 48.5 Å². The van der Waals surface area contributed by atoms with E-state index in [4.69, 9.17) is 0 Å². The minimum atomic E-state index is -0.973. The predicted octanol–water partition coefficient (Wildman–Crippen LogP) is 1.02. The van der Waals surface area contributed by atoms with Crippen LogP contribution < -0.4 is 5.56 Å². The van der Waals surface area contributed by atoms with Gasteiger partial charge < -0.3 is 15.1 Å². The number of carbonyl (C=O) groups is 1. The van der Waals surface area contributed by atoms with Crippen molar-refractivity contribution in [3.05, 3.63) is 65.0 Å². The van der Waals surface area contributed by atoms with Crippen molar-refractivity contribution >= 4 is 16.7 Å². The molecule has 2 atom stereocenters. The van der Waals surface area contributed by atoms with Crippen molar-refractivity contribution < 1.29 is 15.0 Å². The van der Waals surface area contributed by atoms with Gasteiger partial charge in [-0.25, -0.2) is 4.68 Å². The molecule has 1 aromatic heterocycles. The molecule has 0 saturated carbocycles. The third kappa shape index (κ3) is 3.42. The number of hydrogen-bond donors (Lipinski definition) is 2. The van der Waals surface area contributed by atoms with Crippen LogP contribution in [0.5, 0.6) is 0 Å². The maximum atomic E-state index is 12.9. The van der Waals surface area contributed by atoms with Gasteiger partial charge in [0, 0.05) is 24.0 Å². The van der Waals surface area contributed by atoms with E-state index in [9.17, 15) is 19.8 Å². The normalized spacial score (nSPS) is 19.7. The van der Waals surface area contributed by atoms with Crippen molar-refractivity contribution in [3.63, 3.8) is 0 Å². The molecule has 2 heterocycles. The molecule has 1 aliphatic heterocycles. The Balaban J connectivity index is 1.72. The Bertz CT molecular complexity index is 1060. The lowest BCUT2D eigenvalue weighted by Gasteiger charge is -2.33. The van der Waals surface area contributed by atoms with Gasteiger partial charge in [0.15, 0.2) is 0 Å². The molecule has 1 saturated heterocycles. The summed E-state index contributed by atoms with van der Waals surface area (Å²) in [7, 11) is 0. The molecule has 3 aromatic rings. The molecular weight excluding hydrogens is 358 g/mol. The molecule has 1 fully saturated rings. The Morgan fingerprint density at radius 3 is 2.39 bits per heavy atom. The Kier molecular flexibility index (Phi) is 4.93. The first-order chi connectivity index (χ1) is 13.5. The molecule has 0 bridgehead atoms. The van der Waals surface area contributed by atoms with Crippen LogP contribution >= 0.6 is 0 Å². The molecule has 0 unspecified atom stereocenters. The topological polar surface area (TPSA) is 95.7 Å². The standard InChI is InChI=1S/C21H21N3O4/c25-17-10-11-23(12-18(17)26)19(27)13-24-21(28)16-9-5-4-8-15(16)20(22-24)14-6-2-1-3-7-14/h1-9,17-18,25-26H,10-13H2/t17-,18-/m1/s1. The van der Waals surface area contributed by atoms with Crippen LogP contribution in [0.25, 0.3) is 22.0 Å². The Labute approximate surface area is 161 Å². The highest BCUT2D eigenvalue weighted by Gasteiger charge is 2.29. The molecule has 7 nitrogen and oxygen atoms in total. The first-order valence-electron chi connectivity index (χ1n) is 9.24. The highest BCUT2D eigenvalue weighted by atomic mass is 16.3. The van der Waals surface area contributed by atoms with Crippen LogP contribution in [-0.2, 0) is 11.3 Å². The second-order valence-electron chi connectivity index (χ2n) is 6.99. The van der Waals surface area contributed by atoms with Crippen LogP contribution in [0.1, 0.15) is 6.42 Å². The number of carbonyl (C=O) groups excluding carboxylic acids is 1. The largest absolute Gasteiger partial charge is 0.390 e. The third-order valence-electron chi connectivity index (χ3n) is 5.10. The van der Waals surface area contributed by atoms with Crippen LogP contribution in [0.15, 0.2) is 59.4 Å². The van der Waals surface area contributed by atoms with E-state index in [0.29, 0.717) is 24.0 Å². The summed E-state index contributed by atoms with van der Waals surface area (Å²) < 4.78 is 1.18. The van der Waals surface area contributed by atoms with E-state index in [1.165, 1.54) is 9.58 Å². The number of aliphatic hydroxyl groups is 2. The lowest BCUT2D eigenvalue weighted by molar-refractivity contribution is -0.138. The molecule has 0 spiro atoms. The van der Waals surface area contributed by atoms with E-state index < -0.39 is 12.2 Å². The second kappa shape index (κ2) is 7.53. The van der Waals surface area contributed by atoms with Crippen LogP contribution in [0, 0.1) is 0 Å². The lowest BCUT2D eigenvalue weighted by atomic mass is 10.0. The summed E-state index contributed by atoms with van der Waals surface area (Å²) in [6, 6.07) is 16.7. The number of nitrogens with zero attached hydrogens (tertiary/aromatic N) is 3. The number of amides is 1. The summed E-state index contributed by atoms with van der Waals surface area (Å²) in [6.45, 7) is 0.172. The lowest BCUT2D eigenvalue weighted by Crippen LogP contribution is -2.50. The molecule has 0 radical (unpaired) electrons. The van der Waals surface area contributed by atoms with Gasteiger partial charge in [0.1, 0.15) is 6.54 Å². The van der Waals surface area contributed by atoms with E-state index in [0.717, 1.165) is 10.9 Å². The highest BCUT2D eigenvalue weighted by molar-refractivity contribution is 5.93. The second-order valence-corrected chi connectivity index (χ2v) is 6.99. The monoisotopic (exact) mass is 379 g/mol. The van der Waals surface area contributed by atoms with Gasteiger partial charge in [-0.2, -0.15) is 5.10 Å². The number of aliphatic hydroxyl groups excluding tert-OH is 2. The zero-order valence-electron chi connectivity index (χ0n) is 15.2. The van der Waals surface area contributed by atoms with Gasteiger partial charge >= 0.3 is 0 Å². The molecule has 28 heavy (non-hydrogen) atoms. The Hall–Kier alpha value is -3.03. The number of hydrogen-bond acceptors (Lipinski definition) is 5. The molecule has 1 aliphatic rings. The number of fused-ring (bicyclic) bond motifs is 1. The molecular formula is C21H21N3O4. The maximum Gasteiger partial charge on any atom is 0.275 e. The van der Waals surface area contributed by atoms with Crippen molar-refractivity contribution in [2.24, 2.45) is 0 Å². The minimum absolute atomic E-state index is 0.0495. The van der Waals surface area contributed by atoms with Crippen LogP contribution in [0.4, 0.5) is 0 Å². The van der Waals surface area contributed by atoms with Crippen molar-refractivity contribution in [1.29, 1.82) is 0 Å². The molecule has 7 heteroatoms. The summed E-state index contributed by atoms with van der Waals surface area (Å²) >= 11 is 0.